The molecule has 0 spiro atoms. The number of carbonyl (C=O) groups is 2. The second-order valence-electron chi connectivity index (χ2n) is 1.28. The average molecular weight is 183 g/mol. The number of rotatable bonds is 0. The zero-order valence-electron chi connectivity index (χ0n) is 5.27. The predicted octanol–water partition coefficient (Wildman–Crippen LogP) is -4.35. The minimum atomic E-state index is -3.92. The summed E-state index contributed by atoms with van der Waals surface area (Å²) in [6.45, 7) is 0. The Balaban J connectivity index is 0. The molecule has 0 aromatic rings. The van der Waals surface area contributed by atoms with Gasteiger partial charge in [0, 0.05) is 6.26 Å². The van der Waals surface area contributed by atoms with Crippen LogP contribution >= 0.6 is 0 Å². The first-order valence-corrected chi connectivity index (χ1v) is 3.79. The zero-order valence-corrected chi connectivity index (χ0v) is 6.08. The van der Waals surface area contributed by atoms with Crippen molar-refractivity contribution in [2.45, 2.75) is 0 Å². The van der Waals surface area contributed by atoms with Crippen LogP contribution in [0.15, 0.2) is 0 Å². The number of hydrogen-bond acceptors (Lipinski definition) is 7. The molecule has 0 aliphatic heterocycles. The van der Waals surface area contributed by atoms with Gasteiger partial charge in [0.2, 0.25) is 0 Å². The van der Waals surface area contributed by atoms with Crippen molar-refractivity contribution in [2.24, 2.45) is 0 Å². The van der Waals surface area contributed by atoms with Crippen LogP contribution in [0.4, 0.5) is 0 Å². The summed E-state index contributed by atoms with van der Waals surface area (Å²) in [4.78, 5) is 17.9. The molecule has 8 heteroatoms. The van der Waals surface area contributed by atoms with E-state index in [0.29, 0.717) is 6.26 Å². The van der Waals surface area contributed by atoms with E-state index < -0.39 is 22.1 Å². The van der Waals surface area contributed by atoms with Crippen LogP contribution in [-0.2, 0) is 19.7 Å². The van der Waals surface area contributed by atoms with Gasteiger partial charge >= 0.3 is 0 Å². The fraction of sp³-hybridized carbons (Fsp3) is 0.333. The van der Waals surface area contributed by atoms with Gasteiger partial charge in [0.1, 0.15) is 0 Å². The van der Waals surface area contributed by atoms with Crippen molar-refractivity contribution in [3.63, 3.8) is 0 Å². The lowest BCUT2D eigenvalue weighted by molar-refractivity contribution is -0.345. The molecule has 0 aromatic carbocycles. The molecule has 0 saturated heterocycles. The maximum Gasteiger partial charge on any atom is 0.0916 e. The van der Waals surface area contributed by atoms with Crippen molar-refractivity contribution in [1.82, 2.24) is 0 Å². The maximum absolute atomic E-state index is 9.08. The normalized spacial score (nSPS) is 9.27. The zero-order chi connectivity index (χ0) is 9.65. The fourth-order valence-corrected chi connectivity index (χ4v) is 0. The molecule has 0 fully saturated rings. The van der Waals surface area contributed by atoms with Gasteiger partial charge in [-0.15, -0.1) is 0 Å². The van der Waals surface area contributed by atoms with Crippen LogP contribution in [0.3, 0.4) is 0 Å². The minimum Gasteiger partial charge on any atom is -0.748 e. The van der Waals surface area contributed by atoms with E-state index in [1.54, 1.807) is 0 Å². The van der Waals surface area contributed by atoms with E-state index in [9.17, 15) is 0 Å². The van der Waals surface area contributed by atoms with Crippen molar-refractivity contribution < 1.29 is 32.8 Å². The molecule has 0 radical (unpaired) electrons. The Morgan fingerprint density at radius 1 is 1.09 bits per heavy atom. The average Bonchev–Trinajstić information content (AvgIpc) is 1.59. The Bertz CT molecular complexity index is 216. The highest BCUT2D eigenvalue weighted by atomic mass is 32.2. The second kappa shape index (κ2) is 4.63. The third kappa shape index (κ3) is 51.1. The summed E-state index contributed by atoms with van der Waals surface area (Å²) < 4.78 is 27.2. The Morgan fingerprint density at radius 2 is 1.18 bits per heavy atom. The standard InChI is InChI=1S/C2H2O4.CH4O3S/c3-1(4)2(5)6;1-5(2,3)4/h(H,3,4)(H,5,6);1H3,(H,2,3,4)/p-3. The summed E-state index contributed by atoms with van der Waals surface area (Å²) in [5.74, 6) is -4.37. The maximum atomic E-state index is 9.08. The summed E-state index contributed by atoms with van der Waals surface area (Å²) in [6, 6.07) is 0. The molecule has 66 valence electrons. The summed E-state index contributed by atoms with van der Waals surface area (Å²) in [5, 5.41) is 17.9. The molecule has 0 aliphatic carbocycles. The van der Waals surface area contributed by atoms with E-state index in [1.807, 2.05) is 0 Å². The minimum absolute atomic E-state index is 0.604. The van der Waals surface area contributed by atoms with Crippen molar-refractivity contribution in [3.05, 3.63) is 0 Å². The van der Waals surface area contributed by atoms with Crippen LogP contribution in [0.5, 0.6) is 0 Å². The van der Waals surface area contributed by atoms with Gasteiger partial charge in [-0.1, -0.05) is 0 Å². The molecule has 0 saturated carbocycles. The van der Waals surface area contributed by atoms with Crippen LogP contribution in [0.2, 0.25) is 0 Å². The lowest BCUT2D eigenvalue weighted by atomic mass is 10.7. The summed E-state index contributed by atoms with van der Waals surface area (Å²) in [7, 11) is -3.92. The van der Waals surface area contributed by atoms with Crippen molar-refractivity contribution in [2.75, 3.05) is 6.26 Å². The SMILES string of the molecule is CS(=O)(=O)[O-].O=C([O-])C(=O)[O-]. The van der Waals surface area contributed by atoms with E-state index in [-0.39, 0.29) is 0 Å². The smallest absolute Gasteiger partial charge is 0.0916 e. The third-order valence-electron chi connectivity index (χ3n) is 0.167. The van der Waals surface area contributed by atoms with Crippen molar-refractivity contribution in [1.29, 1.82) is 0 Å². The number of carbonyl (C=O) groups excluding carboxylic acids is 2. The molecule has 0 N–H and O–H groups in total. The molecular formula is C3H3O7S-3. The Labute approximate surface area is 62.0 Å². The highest BCUT2D eigenvalue weighted by Crippen LogP contribution is 1.59. The van der Waals surface area contributed by atoms with Crippen LogP contribution in [0.25, 0.3) is 0 Å². The van der Waals surface area contributed by atoms with Gasteiger partial charge < -0.3 is 24.4 Å². The van der Waals surface area contributed by atoms with Crippen LogP contribution in [0, 0.1) is 0 Å². The molecule has 0 rings (SSSR count). The number of carboxylic acid groups (broad SMARTS) is 2. The van der Waals surface area contributed by atoms with E-state index in [0.717, 1.165) is 0 Å². The summed E-state index contributed by atoms with van der Waals surface area (Å²) >= 11 is 0. The molecule has 0 heterocycles. The first-order valence-electron chi connectivity index (χ1n) is 1.97. The van der Waals surface area contributed by atoms with Gasteiger partial charge in [-0.2, -0.15) is 0 Å². The van der Waals surface area contributed by atoms with Gasteiger partial charge in [-0.3, -0.25) is 0 Å². The van der Waals surface area contributed by atoms with Crippen LogP contribution in [-0.4, -0.2) is 31.2 Å². The predicted molar refractivity (Wildman–Crippen MR) is 25.6 cm³/mol. The van der Waals surface area contributed by atoms with Crippen molar-refractivity contribution in [3.8, 4) is 0 Å². The lowest BCUT2D eigenvalue weighted by Gasteiger charge is -1.97. The van der Waals surface area contributed by atoms with E-state index in [4.69, 9.17) is 32.8 Å². The Kier molecular flexibility index (Phi) is 5.27. The molecule has 0 aromatic heterocycles. The summed E-state index contributed by atoms with van der Waals surface area (Å²) in [5.41, 5.74) is 0. The monoisotopic (exact) mass is 183 g/mol. The van der Waals surface area contributed by atoms with Gasteiger partial charge in [0.15, 0.2) is 0 Å². The molecule has 0 aliphatic rings. The number of hydrogen-bond donors (Lipinski definition) is 0. The highest BCUT2D eigenvalue weighted by Gasteiger charge is 1.75. The molecule has 0 bridgehead atoms. The number of aliphatic carboxylic acids is 2. The molecule has 0 unspecified atom stereocenters. The summed E-state index contributed by atoms with van der Waals surface area (Å²) in [6.07, 6.45) is 0.604. The fourth-order valence-electron chi connectivity index (χ4n) is 0. The largest absolute Gasteiger partial charge is 0.748 e. The first-order chi connectivity index (χ1) is 4.64. The molecule has 7 nitrogen and oxygen atoms in total. The van der Waals surface area contributed by atoms with Crippen LogP contribution < -0.4 is 10.2 Å². The Hall–Kier alpha value is -1.15. The molecule has 0 amide bonds. The van der Waals surface area contributed by atoms with Gasteiger partial charge in [-0.25, -0.2) is 8.42 Å². The van der Waals surface area contributed by atoms with Crippen molar-refractivity contribution >= 4 is 22.1 Å². The third-order valence-corrected chi connectivity index (χ3v) is 0.167. The lowest BCUT2D eigenvalue weighted by Crippen LogP contribution is -2.42. The van der Waals surface area contributed by atoms with E-state index in [1.165, 1.54) is 0 Å². The van der Waals surface area contributed by atoms with E-state index in [2.05, 4.69) is 0 Å². The Morgan fingerprint density at radius 3 is 1.18 bits per heavy atom. The quantitative estimate of drug-likeness (QED) is 0.273. The topological polar surface area (TPSA) is 137 Å². The highest BCUT2D eigenvalue weighted by molar-refractivity contribution is 7.84. The molecule has 0 atom stereocenters. The molecular weight excluding hydrogens is 180 g/mol. The van der Waals surface area contributed by atoms with Gasteiger partial charge in [-0.05, 0) is 0 Å². The van der Waals surface area contributed by atoms with E-state index >= 15 is 0 Å². The van der Waals surface area contributed by atoms with Gasteiger partial charge in [0.05, 0.1) is 22.1 Å². The molecule has 11 heavy (non-hydrogen) atoms. The number of carboxylic acids is 2. The van der Waals surface area contributed by atoms with Gasteiger partial charge in [0.25, 0.3) is 0 Å². The van der Waals surface area contributed by atoms with Crippen LogP contribution in [0.1, 0.15) is 0 Å². The second-order valence-corrected chi connectivity index (χ2v) is 2.69. The first kappa shape index (κ1) is 12.5.